The SMILES string of the molecule is O=c1oc2cc3c(cc2c2ccccc12)oc(=O)c1ccccc13. The second-order valence-corrected chi connectivity index (χ2v) is 5.71. The molecular weight excluding hydrogens is 304 g/mol. The summed E-state index contributed by atoms with van der Waals surface area (Å²) in [6.45, 7) is 0. The van der Waals surface area contributed by atoms with E-state index in [4.69, 9.17) is 8.83 Å². The summed E-state index contributed by atoms with van der Waals surface area (Å²) >= 11 is 0. The molecule has 5 rings (SSSR count). The molecule has 0 saturated heterocycles. The van der Waals surface area contributed by atoms with Gasteiger partial charge in [0.1, 0.15) is 11.2 Å². The summed E-state index contributed by atoms with van der Waals surface area (Å²) in [6, 6.07) is 18.0. The van der Waals surface area contributed by atoms with Crippen LogP contribution in [0.25, 0.3) is 43.5 Å². The Balaban J connectivity index is 2.09. The smallest absolute Gasteiger partial charge is 0.344 e. The van der Waals surface area contributed by atoms with Crippen molar-refractivity contribution in [2.24, 2.45) is 0 Å². The van der Waals surface area contributed by atoms with Crippen LogP contribution in [0.15, 0.2) is 79.1 Å². The Morgan fingerprint density at radius 2 is 0.875 bits per heavy atom. The molecule has 5 aromatic rings. The zero-order valence-corrected chi connectivity index (χ0v) is 12.4. The maximum absolute atomic E-state index is 12.2. The van der Waals surface area contributed by atoms with Crippen molar-refractivity contribution in [3.05, 3.63) is 81.5 Å². The molecule has 0 N–H and O–H groups in total. The first-order valence-corrected chi connectivity index (χ1v) is 7.53. The van der Waals surface area contributed by atoms with Gasteiger partial charge >= 0.3 is 11.3 Å². The van der Waals surface area contributed by atoms with Crippen LogP contribution in [-0.2, 0) is 0 Å². The fourth-order valence-electron chi connectivity index (χ4n) is 3.25. The summed E-state index contributed by atoms with van der Waals surface area (Å²) in [5.74, 6) is 0. The average Bonchev–Trinajstić information content (AvgIpc) is 2.62. The molecule has 24 heavy (non-hydrogen) atoms. The van der Waals surface area contributed by atoms with Gasteiger partial charge in [0, 0.05) is 21.5 Å². The quantitative estimate of drug-likeness (QED) is 0.244. The molecule has 114 valence electrons. The van der Waals surface area contributed by atoms with E-state index in [2.05, 4.69) is 0 Å². The summed E-state index contributed by atoms with van der Waals surface area (Å²) in [4.78, 5) is 24.4. The fraction of sp³-hybridized carbons (Fsp3) is 0. The lowest BCUT2D eigenvalue weighted by atomic mass is 10.0. The highest BCUT2D eigenvalue weighted by Crippen LogP contribution is 2.30. The van der Waals surface area contributed by atoms with Crippen molar-refractivity contribution in [1.29, 1.82) is 0 Å². The van der Waals surface area contributed by atoms with E-state index in [1.54, 1.807) is 36.4 Å². The van der Waals surface area contributed by atoms with Gasteiger partial charge in [-0.1, -0.05) is 36.4 Å². The Kier molecular flexibility index (Phi) is 2.48. The first kappa shape index (κ1) is 13.1. The van der Waals surface area contributed by atoms with Crippen molar-refractivity contribution in [2.45, 2.75) is 0 Å². The van der Waals surface area contributed by atoms with Gasteiger partial charge in [-0.25, -0.2) is 9.59 Å². The van der Waals surface area contributed by atoms with Crippen molar-refractivity contribution < 1.29 is 8.83 Å². The molecule has 0 amide bonds. The molecule has 0 aliphatic heterocycles. The maximum atomic E-state index is 12.2. The molecule has 0 spiro atoms. The molecular formula is C20H10O4. The molecule has 0 fully saturated rings. The summed E-state index contributed by atoms with van der Waals surface area (Å²) < 4.78 is 11.0. The van der Waals surface area contributed by atoms with Crippen LogP contribution >= 0.6 is 0 Å². The largest absolute Gasteiger partial charge is 0.422 e. The maximum Gasteiger partial charge on any atom is 0.344 e. The van der Waals surface area contributed by atoms with Crippen LogP contribution in [0.2, 0.25) is 0 Å². The van der Waals surface area contributed by atoms with E-state index in [0.717, 1.165) is 21.5 Å². The van der Waals surface area contributed by atoms with Gasteiger partial charge in [0.05, 0.1) is 10.8 Å². The third kappa shape index (κ3) is 1.68. The van der Waals surface area contributed by atoms with Gasteiger partial charge in [0.2, 0.25) is 0 Å². The molecule has 2 heterocycles. The van der Waals surface area contributed by atoms with Crippen LogP contribution in [0.5, 0.6) is 0 Å². The molecule has 0 bridgehead atoms. The molecule has 0 saturated carbocycles. The van der Waals surface area contributed by atoms with Crippen molar-refractivity contribution in [2.75, 3.05) is 0 Å². The van der Waals surface area contributed by atoms with E-state index < -0.39 is 0 Å². The molecule has 4 heteroatoms. The normalized spacial score (nSPS) is 11.7. The molecule has 0 unspecified atom stereocenters. The minimum absolute atomic E-state index is 0.376. The lowest BCUT2D eigenvalue weighted by Crippen LogP contribution is -2.01. The fourth-order valence-corrected chi connectivity index (χ4v) is 3.25. The molecule has 4 nitrogen and oxygen atoms in total. The molecule has 0 atom stereocenters. The average molecular weight is 314 g/mol. The van der Waals surface area contributed by atoms with E-state index in [-0.39, 0.29) is 11.3 Å². The van der Waals surface area contributed by atoms with Crippen LogP contribution < -0.4 is 11.3 Å². The van der Waals surface area contributed by atoms with E-state index in [1.165, 1.54) is 0 Å². The van der Waals surface area contributed by atoms with Gasteiger partial charge < -0.3 is 8.83 Å². The van der Waals surface area contributed by atoms with Gasteiger partial charge in [0.15, 0.2) is 0 Å². The van der Waals surface area contributed by atoms with Gasteiger partial charge in [-0.2, -0.15) is 0 Å². The van der Waals surface area contributed by atoms with Crippen molar-refractivity contribution in [1.82, 2.24) is 0 Å². The Bertz CT molecular complexity index is 1280. The van der Waals surface area contributed by atoms with E-state index in [0.29, 0.717) is 21.9 Å². The number of fused-ring (bicyclic) bond motifs is 6. The van der Waals surface area contributed by atoms with E-state index in [9.17, 15) is 9.59 Å². The van der Waals surface area contributed by atoms with Crippen molar-refractivity contribution in [3.63, 3.8) is 0 Å². The van der Waals surface area contributed by atoms with E-state index in [1.807, 2.05) is 24.3 Å². The Labute approximate surface area is 134 Å². The summed E-state index contributed by atoms with van der Waals surface area (Å²) in [6.07, 6.45) is 0. The molecule has 0 aliphatic rings. The number of hydrogen-bond acceptors (Lipinski definition) is 4. The second-order valence-electron chi connectivity index (χ2n) is 5.71. The molecule has 2 aromatic heterocycles. The summed E-state index contributed by atoms with van der Waals surface area (Å²) in [5.41, 5.74) is 0.202. The topological polar surface area (TPSA) is 60.4 Å². The van der Waals surface area contributed by atoms with E-state index >= 15 is 0 Å². The Morgan fingerprint density at radius 3 is 1.29 bits per heavy atom. The zero-order valence-electron chi connectivity index (χ0n) is 12.4. The predicted octanol–water partition coefficient (Wildman–Crippen LogP) is 4.21. The van der Waals surface area contributed by atoms with Gasteiger partial charge in [-0.3, -0.25) is 0 Å². The summed E-state index contributed by atoms with van der Waals surface area (Å²) in [5, 5.41) is 4.06. The highest BCUT2D eigenvalue weighted by Gasteiger charge is 2.12. The Morgan fingerprint density at radius 1 is 0.500 bits per heavy atom. The standard InChI is InChI=1S/C20H10O4/c21-19-13-7-3-1-5-11(13)15-9-18-16(10-17(15)23-19)12-6-2-4-8-14(12)20(22)24-18/h1-10H. The van der Waals surface area contributed by atoms with Crippen LogP contribution in [0, 0.1) is 0 Å². The highest BCUT2D eigenvalue weighted by atomic mass is 16.4. The minimum Gasteiger partial charge on any atom is -0.422 e. The monoisotopic (exact) mass is 314 g/mol. The van der Waals surface area contributed by atoms with Crippen LogP contribution in [0.4, 0.5) is 0 Å². The predicted molar refractivity (Wildman–Crippen MR) is 93.5 cm³/mol. The molecule has 3 aromatic carbocycles. The van der Waals surface area contributed by atoms with Crippen LogP contribution in [0.3, 0.4) is 0 Å². The Hall–Kier alpha value is -3.40. The lowest BCUT2D eigenvalue weighted by molar-refractivity contribution is 0.563. The van der Waals surface area contributed by atoms with Crippen LogP contribution in [-0.4, -0.2) is 0 Å². The van der Waals surface area contributed by atoms with Gasteiger partial charge in [-0.05, 0) is 24.3 Å². The van der Waals surface area contributed by atoms with Gasteiger partial charge in [0.25, 0.3) is 0 Å². The number of rotatable bonds is 0. The first-order chi connectivity index (χ1) is 11.7. The number of benzene rings is 3. The third-order valence-electron chi connectivity index (χ3n) is 4.36. The minimum atomic E-state index is -0.376. The lowest BCUT2D eigenvalue weighted by Gasteiger charge is -2.06. The first-order valence-electron chi connectivity index (χ1n) is 7.53. The van der Waals surface area contributed by atoms with Gasteiger partial charge in [-0.15, -0.1) is 0 Å². The highest BCUT2D eigenvalue weighted by molar-refractivity contribution is 6.13. The molecule has 0 aliphatic carbocycles. The third-order valence-corrected chi connectivity index (χ3v) is 4.36. The second kappa shape index (κ2) is 4.55. The molecule has 0 radical (unpaired) electrons. The summed E-state index contributed by atoms with van der Waals surface area (Å²) in [7, 11) is 0. The van der Waals surface area contributed by atoms with Crippen molar-refractivity contribution >= 4 is 43.5 Å². The zero-order chi connectivity index (χ0) is 16.3. The van der Waals surface area contributed by atoms with Crippen molar-refractivity contribution in [3.8, 4) is 0 Å². The number of hydrogen-bond donors (Lipinski definition) is 0. The van der Waals surface area contributed by atoms with Crippen LogP contribution in [0.1, 0.15) is 0 Å².